The zero-order valence-electron chi connectivity index (χ0n) is 18.8. The quantitative estimate of drug-likeness (QED) is 0.431. The van der Waals surface area contributed by atoms with Crippen LogP contribution in [0.1, 0.15) is 43.7 Å². The number of aryl methyl sites for hydroxylation is 3. The Kier molecular flexibility index (Phi) is 6.90. The maximum atomic E-state index is 6.21. The van der Waals surface area contributed by atoms with E-state index in [9.17, 15) is 0 Å². The van der Waals surface area contributed by atoms with Crippen LogP contribution in [0.5, 0.6) is 5.75 Å². The Morgan fingerprint density at radius 3 is 2.20 bits per heavy atom. The van der Waals surface area contributed by atoms with Crippen molar-refractivity contribution < 1.29 is 18.9 Å². The van der Waals surface area contributed by atoms with Gasteiger partial charge in [0.1, 0.15) is 5.75 Å². The lowest BCUT2D eigenvalue weighted by atomic mass is 10.1. The highest BCUT2D eigenvalue weighted by Crippen LogP contribution is 2.38. The first-order valence-corrected chi connectivity index (χ1v) is 10.3. The van der Waals surface area contributed by atoms with Crippen molar-refractivity contribution in [1.82, 2.24) is 20.2 Å². The molecule has 0 fully saturated rings. The Morgan fingerprint density at radius 2 is 1.67 bits per heavy atom. The molecule has 164 valence electrons. The molecule has 8 nitrogen and oxygen atoms in total. The molecule has 0 saturated heterocycles. The number of aromatic nitrogens is 4. The number of hydrogen-bond acceptors (Lipinski definition) is 7. The fourth-order valence-electron chi connectivity index (χ4n) is 3.85. The maximum absolute atomic E-state index is 6.21. The fraction of sp³-hybridized carbons (Fsp3) is 0.591. The minimum absolute atomic E-state index is 0.556. The van der Waals surface area contributed by atoms with E-state index >= 15 is 0 Å². The van der Waals surface area contributed by atoms with Crippen LogP contribution in [0.25, 0.3) is 11.4 Å². The van der Waals surface area contributed by atoms with E-state index in [0.29, 0.717) is 18.9 Å². The van der Waals surface area contributed by atoms with E-state index in [1.54, 1.807) is 21.3 Å². The van der Waals surface area contributed by atoms with Crippen LogP contribution in [0.4, 0.5) is 0 Å². The van der Waals surface area contributed by atoms with Gasteiger partial charge in [-0.2, -0.15) is 4.80 Å². The maximum Gasteiger partial charge on any atom is 0.204 e. The van der Waals surface area contributed by atoms with Crippen LogP contribution >= 0.6 is 0 Å². The highest BCUT2D eigenvalue weighted by atomic mass is 16.8. The summed E-state index contributed by atoms with van der Waals surface area (Å²) in [6, 6.07) is 4.05. The average Bonchev–Trinajstić information content (AvgIpc) is 3.32. The van der Waals surface area contributed by atoms with Gasteiger partial charge in [0.15, 0.2) is 11.6 Å². The van der Waals surface area contributed by atoms with E-state index in [4.69, 9.17) is 18.9 Å². The van der Waals surface area contributed by atoms with Gasteiger partial charge in [-0.25, -0.2) is 0 Å². The third-order valence-corrected chi connectivity index (χ3v) is 5.37. The summed E-state index contributed by atoms with van der Waals surface area (Å²) in [4.78, 5) is 1.45. The molecular weight excluding hydrogens is 384 g/mol. The monoisotopic (exact) mass is 416 g/mol. The first-order chi connectivity index (χ1) is 14.4. The van der Waals surface area contributed by atoms with Crippen molar-refractivity contribution >= 4 is 0 Å². The summed E-state index contributed by atoms with van der Waals surface area (Å²) in [6.45, 7) is 6.72. The highest BCUT2D eigenvalue weighted by molar-refractivity contribution is 5.60. The molecule has 8 heteroatoms. The van der Waals surface area contributed by atoms with Gasteiger partial charge in [-0.05, 0) is 60.9 Å². The Morgan fingerprint density at radius 1 is 1.03 bits per heavy atom. The van der Waals surface area contributed by atoms with Crippen LogP contribution in [0.2, 0.25) is 0 Å². The molecule has 0 amide bonds. The van der Waals surface area contributed by atoms with Crippen molar-refractivity contribution in [1.29, 1.82) is 0 Å². The lowest BCUT2D eigenvalue weighted by Crippen LogP contribution is -2.39. The minimum Gasteiger partial charge on any atom is -0.493 e. The van der Waals surface area contributed by atoms with Gasteiger partial charge >= 0.3 is 0 Å². The second kappa shape index (κ2) is 9.24. The molecule has 1 aliphatic rings. The molecule has 3 rings (SSSR count). The SMILES string of the molecule is CCCC1(OC)C=CC(CCCOc2c(C)cc(-c3nnn(C)n3)cc2C)(OC)O1. The standard InChI is InChI=1S/C22H32N4O4/c1-7-9-21(27-5)11-12-22(28-6,30-21)10-8-13-29-19-16(2)14-18(15-17(19)3)20-23-25-26(4)24-20/h11-12,14-15H,7-10,13H2,1-6H3. The molecule has 2 unspecified atom stereocenters. The molecule has 0 aliphatic carbocycles. The molecule has 0 radical (unpaired) electrons. The van der Waals surface area contributed by atoms with Gasteiger partial charge in [-0.3, -0.25) is 0 Å². The summed E-state index contributed by atoms with van der Waals surface area (Å²) in [5, 5.41) is 12.3. The van der Waals surface area contributed by atoms with Gasteiger partial charge in [-0.15, -0.1) is 10.2 Å². The van der Waals surface area contributed by atoms with Gasteiger partial charge in [0.2, 0.25) is 5.82 Å². The Balaban J connectivity index is 1.59. The van der Waals surface area contributed by atoms with Crippen molar-refractivity contribution in [3.63, 3.8) is 0 Å². The number of nitrogens with zero attached hydrogens (tertiary/aromatic N) is 4. The van der Waals surface area contributed by atoms with Crippen LogP contribution in [-0.4, -0.2) is 52.6 Å². The van der Waals surface area contributed by atoms with Crippen molar-refractivity contribution in [2.24, 2.45) is 7.05 Å². The number of methoxy groups -OCH3 is 2. The van der Waals surface area contributed by atoms with Crippen LogP contribution in [-0.2, 0) is 21.3 Å². The number of hydrogen-bond donors (Lipinski definition) is 0. The summed E-state index contributed by atoms with van der Waals surface area (Å²) < 4.78 is 23.6. The zero-order chi connectivity index (χ0) is 21.8. The predicted octanol–water partition coefficient (Wildman–Crippen LogP) is 3.72. The minimum atomic E-state index is -0.778. The summed E-state index contributed by atoms with van der Waals surface area (Å²) in [5.41, 5.74) is 3.01. The van der Waals surface area contributed by atoms with E-state index in [0.717, 1.165) is 41.7 Å². The number of rotatable bonds is 10. The van der Waals surface area contributed by atoms with E-state index < -0.39 is 11.6 Å². The van der Waals surface area contributed by atoms with Gasteiger partial charge in [0.05, 0.1) is 13.7 Å². The van der Waals surface area contributed by atoms with E-state index in [2.05, 4.69) is 22.3 Å². The normalized spacial score (nSPS) is 23.3. The van der Waals surface area contributed by atoms with E-state index in [1.165, 1.54) is 4.80 Å². The Labute approximate surface area is 178 Å². The van der Waals surface area contributed by atoms with E-state index in [-0.39, 0.29) is 0 Å². The fourth-order valence-corrected chi connectivity index (χ4v) is 3.85. The second-order valence-electron chi connectivity index (χ2n) is 7.71. The van der Waals surface area contributed by atoms with Gasteiger partial charge in [0, 0.05) is 32.6 Å². The van der Waals surface area contributed by atoms with Gasteiger partial charge < -0.3 is 18.9 Å². The third kappa shape index (κ3) is 4.71. The van der Waals surface area contributed by atoms with Crippen molar-refractivity contribution in [2.75, 3.05) is 20.8 Å². The smallest absolute Gasteiger partial charge is 0.204 e. The largest absolute Gasteiger partial charge is 0.493 e. The molecule has 0 N–H and O–H groups in total. The van der Waals surface area contributed by atoms with Gasteiger partial charge in [0.25, 0.3) is 0 Å². The molecule has 1 aliphatic heterocycles. The summed E-state index contributed by atoms with van der Waals surface area (Å²) in [7, 11) is 5.08. The lowest BCUT2D eigenvalue weighted by Gasteiger charge is -2.33. The van der Waals surface area contributed by atoms with Crippen LogP contribution in [0.15, 0.2) is 24.3 Å². The highest BCUT2D eigenvalue weighted by Gasteiger charge is 2.44. The number of tetrazole rings is 1. The summed E-state index contributed by atoms with van der Waals surface area (Å²) >= 11 is 0. The average molecular weight is 417 g/mol. The lowest BCUT2D eigenvalue weighted by molar-refractivity contribution is -0.298. The zero-order valence-corrected chi connectivity index (χ0v) is 18.8. The van der Waals surface area contributed by atoms with Crippen molar-refractivity contribution in [3.8, 4) is 17.1 Å². The molecule has 0 spiro atoms. The Hall–Kier alpha value is -2.29. The molecule has 1 aromatic heterocycles. The van der Waals surface area contributed by atoms with Crippen molar-refractivity contribution in [3.05, 3.63) is 35.4 Å². The first kappa shape index (κ1) is 22.4. The molecular formula is C22H32N4O4. The van der Waals surface area contributed by atoms with E-state index in [1.807, 2.05) is 38.1 Å². The molecule has 0 bridgehead atoms. The predicted molar refractivity (Wildman–Crippen MR) is 113 cm³/mol. The van der Waals surface area contributed by atoms with Crippen molar-refractivity contribution in [2.45, 2.75) is 58.0 Å². The molecule has 2 aromatic rings. The van der Waals surface area contributed by atoms with Gasteiger partial charge in [-0.1, -0.05) is 13.3 Å². The van der Waals surface area contributed by atoms with Crippen LogP contribution in [0.3, 0.4) is 0 Å². The molecule has 2 atom stereocenters. The first-order valence-electron chi connectivity index (χ1n) is 10.3. The second-order valence-corrected chi connectivity index (χ2v) is 7.71. The molecule has 30 heavy (non-hydrogen) atoms. The molecule has 0 saturated carbocycles. The summed E-state index contributed by atoms with van der Waals surface area (Å²) in [6.07, 6.45) is 7.12. The molecule has 2 heterocycles. The number of benzene rings is 1. The topological polar surface area (TPSA) is 80.5 Å². The molecule has 1 aromatic carbocycles. The Bertz CT molecular complexity index is 874. The number of ether oxygens (including phenoxy) is 4. The third-order valence-electron chi connectivity index (χ3n) is 5.37. The van der Waals surface area contributed by atoms with Crippen LogP contribution < -0.4 is 4.74 Å². The van der Waals surface area contributed by atoms with Crippen LogP contribution in [0, 0.1) is 13.8 Å². The summed E-state index contributed by atoms with van der Waals surface area (Å²) in [5.74, 6) is 0.00808.